The summed E-state index contributed by atoms with van der Waals surface area (Å²) in [6, 6.07) is 1.04. The lowest BCUT2D eigenvalue weighted by Crippen LogP contribution is -2.34. The van der Waals surface area contributed by atoms with Crippen molar-refractivity contribution in [2.24, 2.45) is 0 Å². The highest BCUT2D eigenvalue weighted by Crippen LogP contribution is 2.35. The molecule has 5 nitrogen and oxygen atoms in total. The van der Waals surface area contributed by atoms with Crippen LogP contribution in [-0.2, 0) is 14.8 Å². The number of hydrogen-bond donors (Lipinski definition) is 1. The van der Waals surface area contributed by atoms with Crippen molar-refractivity contribution in [2.45, 2.75) is 11.8 Å². The van der Waals surface area contributed by atoms with E-state index in [2.05, 4.69) is 15.9 Å². The Morgan fingerprint density at radius 1 is 1.55 bits per heavy atom. The number of sulfonamides is 1. The molecule has 0 aliphatic heterocycles. The third-order valence-corrected chi connectivity index (χ3v) is 6.03. The van der Waals surface area contributed by atoms with Crippen molar-refractivity contribution >= 4 is 43.2 Å². The molecule has 0 saturated heterocycles. The van der Waals surface area contributed by atoms with Crippen LogP contribution in [0, 0.1) is 5.82 Å². The number of hydrogen-bond acceptors (Lipinski definition) is 4. The van der Waals surface area contributed by atoms with Crippen molar-refractivity contribution in [2.75, 3.05) is 32.5 Å². The van der Waals surface area contributed by atoms with Crippen molar-refractivity contribution in [3.05, 3.63) is 21.4 Å². The molecule has 0 saturated carbocycles. The summed E-state index contributed by atoms with van der Waals surface area (Å²) in [6.07, 6.45) is 0. The fourth-order valence-electron chi connectivity index (χ4n) is 1.57. The van der Waals surface area contributed by atoms with E-state index < -0.39 is 20.7 Å². The molecule has 0 fully saturated rings. The van der Waals surface area contributed by atoms with E-state index in [-0.39, 0.29) is 34.9 Å². The Kier molecular flexibility index (Phi) is 6.21. The molecule has 0 unspecified atom stereocenters. The summed E-state index contributed by atoms with van der Waals surface area (Å²) in [5.74, 6) is -1.02. The van der Waals surface area contributed by atoms with Gasteiger partial charge in [-0.15, -0.1) is 0 Å². The zero-order valence-electron chi connectivity index (χ0n) is 11.0. The zero-order valence-corrected chi connectivity index (χ0v) is 14.1. The highest BCUT2D eigenvalue weighted by Gasteiger charge is 2.29. The number of ether oxygens (including phenoxy) is 1. The van der Waals surface area contributed by atoms with Gasteiger partial charge < -0.3 is 10.5 Å². The number of anilines is 1. The molecule has 2 N–H and O–H groups in total. The van der Waals surface area contributed by atoms with Crippen LogP contribution in [0.2, 0.25) is 5.02 Å². The lowest BCUT2D eigenvalue weighted by molar-refractivity contribution is 0.180. The van der Waals surface area contributed by atoms with Gasteiger partial charge >= 0.3 is 0 Å². The van der Waals surface area contributed by atoms with Crippen molar-refractivity contribution < 1.29 is 17.5 Å². The number of nitrogens with two attached hydrogens (primary N) is 1. The molecule has 0 spiro atoms. The standard InChI is InChI=1S/C11H15BrClFN2O3S/c1-3-16(4-5-19-2)20(17,18)8-6-7(13)9(12)11(15)10(8)14/h6H,3-5,15H2,1-2H3. The first-order valence-corrected chi connectivity index (χ1v) is 8.30. The second-order valence-corrected chi connectivity index (χ2v) is 6.99. The molecule has 0 bridgehead atoms. The molecule has 114 valence electrons. The highest BCUT2D eigenvalue weighted by molar-refractivity contribution is 9.10. The van der Waals surface area contributed by atoms with E-state index in [1.165, 1.54) is 7.11 Å². The van der Waals surface area contributed by atoms with Crippen LogP contribution in [0.3, 0.4) is 0 Å². The van der Waals surface area contributed by atoms with Crippen molar-refractivity contribution in [3.8, 4) is 0 Å². The van der Waals surface area contributed by atoms with Crippen LogP contribution in [0.25, 0.3) is 0 Å². The quantitative estimate of drug-likeness (QED) is 0.599. The van der Waals surface area contributed by atoms with Gasteiger partial charge in [0.2, 0.25) is 10.0 Å². The van der Waals surface area contributed by atoms with Crippen LogP contribution >= 0.6 is 27.5 Å². The summed E-state index contributed by atoms with van der Waals surface area (Å²) in [5, 5.41) is 0.0327. The highest BCUT2D eigenvalue weighted by atomic mass is 79.9. The number of halogens is 3. The van der Waals surface area contributed by atoms with Gasteiger partial charge in [-0.05, 0) is 22.0 Å². The van der Waals surface area contributed by atoms with Gasteiger partial charge in [0.15, 0.2) is 5.82 Å². The van der Waals surface area contributed by atoms with Gasteiger partial charge in [-0.25, -0.2) is 12.8 Å². The Bertz CT molecular complexity index is 598. The van der Waals surface area contributed by atoms with Crippen molar-refractivity contribution in [1.29, 1.82) is 0 Å². The van der Waals surface area contributed by atoms with E-state index in [1.807, 2.05) is 0 Å². The van der Waals surface area contributed by atoms with Crippen LogP contribution in [-0.4, -0.2) is 39.5 Å². The second-order valence-electron chi connectivity index (χ2n) is 3.89. The van der Waals surface area contributed by atoms with Gasteiger partial charge in [-0.1, -0.05) is 18.5 Å². The first-order chi connectivity index (χ1) is 9.27. The van der Waals surface area contributed by atoms with E-state index in [4.69, 9.17) is 22.1 Å². The third-order valence-electron chi connectivity index (χ3n) is 2.67. The van der Waals surface area contributed by atoms with Gasteiger partial charge in [0.25, 0.3) is 0 Å². The maximum absolute atomic E-state index is 14.1. The monoisotopic (exact) mass is 388 g/mol. The molecular weight excluding hydrogens is 375 g/mol. The van der Waals surface area contributed by atoms with Crippen molar-refractivity contribution in [1.82, 2.24) is 4.31 Å². The fourth-order valence-corrected chi connectivity index (χ4v) is 3.67. The summed E-state index contributed by atoms with van der Waals surface area (Å²) in [7, 11) is -2.57. The number of nitrogens with zero attached hydrogens (tertiary/aromatic N) is 1. The minimum atomic E-state index is -4.02. The van der Waals surface area contributed by atoms with E-state index in [0.717, 1.165) is 10.4 Å². The lowest BCUT2D eigenvalue weighted by atomic mass is 10.3. The van der Waals surface area contributed by atoms with Crippen molar-refractivity contribution in [3.63, 3.8) is 0 Å². The Labute approximate surface area is 131 Å². The normalized spacial score (nSPS) is 12.1. The fraction of sp³-hybridized carbons (Fsp3) is 0.455. The molecule has 0 atom stereocenters. The largest absolute Gasteiger partial charge is 0.395 e. The molecule has 0 radical (unpaired) electrons. The van der Waals surface area contributed by atoms with Gasteiger partial charge in [0, 0.05) is 20.2 Å². The SMILES string of the molecule is CCN(CCOC)S(=O)(=O)c1cc(Cl)c(Br)c(N)c1F. The van der Waals surface area contributed by atoms with Crippen LogP contribution < -0.4 is 5.73 Å². The van der Waals surface area contributed by atoms with Gasteiger partial charge in [0.05, 0.1) is 21.8 Å². The second kappa shape index (κ2) is 7.04. The molecule has 0 aromatic heterocycles. The summed E-state index contributed by atoms with van der Waals surface area (Å²) in [5.41, 5.74) is 5.17. The number of benzene rings is 1. The van der Waals surface area contributed by atoms with Crippen LogP contribution in [0.4, 0.5) is 10.1 Å². The molecule has 9 heteroatoms. The average molecular weight is 390 g/mol. The Hall–Kier alpha value is -0.410. The maximum atomic E-state index is 14.1. The van der Waals surface area contributed by atoms with Crippen LogP contribution in [0.15, 0.2) is 15.4 Å². The molecule has 0 aliphatic carbocycles. The first-order valence-electron chi connectivity index (χ1n) is 5.69. The molecule has 0 aliphatic rings. The lowest BCUT2D eigenvalue weighted by Gasteiger charge is -2.21. The molecule has 1 rings (SSSR count). The third kappa shape index (κ3) is 3.43. The topological polar surface area (TPSA) is 72.6 Å². The number of rotatable bonds is 6. The van der Waals surface area contributed by atoms with Crippen LogP contribution in [0.5, 0.6) is 0 Å². The van der Waals surface area contributed by atoms with Gasteiger partial charge in [0.1, 0.15) is 4.90 Å². The van der Waals surface area contributed by atoms with E-state index >= 15 is 0 Å². The molecule has 0 heterocycles. The summed E-state index contributed by atoms with van der Waals surface area (Å²) in [4.78, 5) is -0.541. The van der Waals surface area contributed by atoms with Gasteiger partial charge in [-0.3, -0.25) is 0 Å². The van der Waals surface area contributed by atoms with Gasteiger partial charge in [-0.2, -0.15) is 4.31 Å². The smallest absolute Gasteiger partial charge is 0.246 e. The maximum Gasteiger partial charge on any atom is 0.246 e. The Morgan fingerprint density at radius 3 is 2.65 bits per heavy atom. The predicted molar refractivity (Wildman–Crippen MR) is 79.8 cm³/mol. The minimum Gasteiger partial charge on any atom is -0.395 e. The van der Waals surface area contributed by atoms with E-state index in [0.29, 0.717) is 0 Å². The van der Waals surface area contributed by atoms with E-state index in [1.54, 1.807) is 6.92 Å². The Morgan fingerprint density at radius 2 is 2.15 bits per heavy atom. The summed E-state index contributed by atoms with van der Waals surface area (Å²) < 4.78 is 45.0. The predicted octanol–water partition coefficient (Wildman–Crippen LogP) is 2.48. The summed E-state index contributed by atoms with van der Waals surface area (Å²) in [6.45, 7) is 2.14. The number of likely N-dealkylation sites (N-methyl/N-ethyl adjacent to an activating group) is 1. The Balaban J connectivity index is 3.35. The molecule has 0 amide bonds. The average Bonchev–Trinajstić information content (AvgIpc) is 2.41. The zero-order chi connectivity index (χ0) is 15.5. The van der Waals surface area contributed by atoms with Crippen LogP contribution in [0.1, 0.15) is 6.92 Å². The number of methoxy groups -OCH3 is 1. The van der Waals surface area contributed by atoms with E-state index in [9.17, 15) is 12.8 Å². The first kappa shape index (κ1) is 17.6. The number of nitrogen functional groups attached to an aromatic ring is 1. The minimum absolute atomic E-state index is 0.0327. The molecular formula is C11H15BrClFN2O3S. The molecule has 1 aromatic rings. The molecule has 1 aromatic carbocycles. The summed E-state index contributed by atoms with van der Waals surface area (Å²) >= 11 is 8.85. The molecule has 20 heavy (non-hydrogen) atoms.